The van der Waals surface area contributed by atoms with Gasteiger partial charge in [0.05, 0.1) is 19.3 Å². The number of aliphatic hydroxyl groups excluding tert-OH is 2. The van der Waals surface area contributed by atoms with Gasteiger partial charge < -0.3 is 14.9 Å². The summed E-state index contributed by atoms with van der Waals surface area (Å²) < 4.78 is 4.64. The number of esters is 1. The molecule has 0 radical (unpaired) electrons. The Labute approximate surface area is 181 Å². The van der Waals surface area contributed by atoms with E-state index in [0.717, 1.165) is 25.7 Å². The van der Waals surface area contributed by atoms with Crippen LogP contribution in [0.5, 0.6) is 0 Å². The molecule has 0 aromatic heterocycles. The highest BCUT2D eigenvalue weighted by Gasteiger charge is 2.39. The van der Waals surface area contributed by atoms with Gasteiger partial charge in [0.1, 0.15) is 0 Å². The van der Waals surface area contributed by atoms with Crippen LogP contribution in [0.1, 0.15) is 66.2 Å². The lowest BCUT2D eigenvalue weighted by Crippen LogP contribution is -2.28. The van der Waals surface area contributed by atoms with Crippen LogP contribution in [0.25, 0.3) is 0 Å². The highest BCUT2D eigenvalue weighted by atomic mass is 35.5. The highest BCUT2D eigenvalue weighted by Crippen LogP contribution is 2.40. The Hall–Kier alpha value is -1.10. The first-order valence-electron chi connectivity index (χ1n) is 10.6. The standard InChI is InChI=1S/C24H39ClO4/c1-17(2)14-15-24(3,4)22(27)13-12-19-18(20(25)16-21(19)26)10-8-6-7-9-11-23(28)29-5/h6,8,12-14,18-22,26-27H,7,9-11,15-16H2,1-5H3/b8-6-,13-12+/t18-,19-,20-,21-,22-/m1/s1. The van der Waals surface area contributed by atoms with Crippen molar-refractivity contribution in [3.63, 3.8) is 0 Å². The Balaban J connectivity index is 2.64. The average Bonchev–Trinajstić information content (AvgIpc) is 2.93. The highest BCUT2D eigenvalue weighted by molar-refractivity contribution is 6.21. The van der Waals surface area contributed by atoms with Crippen molar-refractivity contribution in [2.75, 3.05) is 7.11 Å². The quantitative estimate of drug-likeness (QED) is 0.207. The number of hydrogen-bond donors (Lipinski definition) is 2. The molecule has 1 aliphatic rings. The molecule has 4 nitrogen and oxygen atoms in total. The molecular weight excluding hydrogens is 388 g/mol. The van der Waals surface area contributed by atoms with Gasteiger partial charge in [-0.1, -0.05) is 49.8 Å². The number of hydrogen-bond acceptors (Lipinski definition) is 4. The van der Waals surface area contributed by atoms with Gasteiger partial charge >= 0.3 is 5.97 Å². The Morgan fingerprint density at radius 2 is 2.00 bits per heavy atom. The zero-order valence-corrected chi connectivity index (χ0v) is 19.4. The fraction of sp³-hybridized carbons (Fsp3) is 0.708. The second kappa shape index (κ2) is 12.6. The van der Waals surface area contributed by atoms with Crippen LogP contribution in [-0.4, -0.2) is 40.9 Å². The van der Waals surface area contributed by atoms with Crippen LogP contribution >= 0.6 is 11.6 Å². The molecule has 0 heterocycles. The minimum atomic E-state index is -0.589. The molecule has 1 rings (SSSR count). The molecule has 0 spiro atoms. The largest absolute Gasteiger partial charge is 0.469 e. The Morgan fingerprint density at radius 3 is 2.62 bits per heavy atom. The lowest BCUT2D eigenvalue weighted by atomic mass is 9.81. The third-order valence-corrected chi connectivity index (χ3v) is 6.28. The number of unbranched alkanes of at least 4 members (excludes halogenated alkanes) is 1. The zero-order valence-electron chi connectivity index (χ0n) is 18.6. The molecule has 0 bridgehead atoms. The van der Waals surface area contributed by atoms with Gasteiger partial charge in [-0.15, -0.1) is 11.6 Å². The van der Waals surface area contributed by atoms with Crippen molar-refractivity contribution in [1.29, 1.82) is 0 Å². The maximum Gasteiger partial charge on any atom is 0.305 e. The van der Waals surface area contributed by atoms with Gasteiger partial charge in [0.2, 0.25) is 0 Å². The number of methoxy groups -OCH3 is 1. The number of carbonyl (C=O) groups is 1. The topological polar surface area (TPSA) is 66.8 Å². The summed E-state index contributed by atoms with van der Waals surface area (Å²) in [5.41, 5.74) is 0.969. The van der Waals surface area contributed by atoms with E-state index in [1.165, 1.54) is 12.7 Å². The van der Waals surface area contributed by atoms with Crippen molar-refractivity contribution in [2.45, 2.75) is 83.8 Å². The van der Waals surface area contributed by atoms with Crippen molar-refractivity contribution in [2.24, 2.45) is 17.3 Å². The summed E-state index contributed by atoms with van der Waals surface area (Å²) in [7, 11) is 1.40. The number of allylic oxidation sites excluding steroid dienone is 4. The van der Waals surface area contributed by atoms with Gasteiger partial charge in [0, 0.05) is 17.7 Å². The summed E-state index contributed by atoms with van der Waals surface area (Å²) in [6, 6.07) is 0. The third-order valence-electron chi connectivity index (χ3n) is 5.78. The van der Waals surface area contributed by atoms with Gasteiger partial charge in [-0.25, -0.2) is 0 Å². The molecule has 0 aromatic rings. The molecule has 0 aliphatic heterocycles. The molecule has 0 saturated heterocycles. The average molecular weight is 427 g/mol. The fourth-order valence-electron chi connectivity index (χ4n) is 3.58. The number of carbonyl (C=O) groups excluding carboxylic acids is 1. The van der Waals surface area contributed by atoms with Crippen molar-refractivity contribution in [3.05, 3.63) is 36.0 Å². The van der Waals surface area contributed by atoms with Crippen molar-refractivity contribution < 1.29 is 19.7 Å². The third kappa shape index (κ3) is 9.06. The van der Waals surface area contributed by atoms with E-state index in [0.29, 0.717) is 12.8 Å². The summed E-state index contributed by atoms with van der Waals surface area (Å²) in [6.07, 6.45) is 13.1. The monoisotopic (exact) mass is 426 g/mol. The van der Waals surface area contributed by atoms with Crippen LogP contribution in [0.15, 0.2) is 36.0 Å². The molecular formula is C24H39ClO4. The SMILES string of the molecule is COC(=O)CCC/C=C\C[C@@H]1[C@@H](/C=C/[C@@H](O)C(C)(C)CC=C(C)C)[C@H](O)C[C@H]1Cl. The molecule has 1 saturated carbocycles. The summed E-state index contributed by atoms with van der Waals surface area (Å²) in [6.45, 7) is 8.21. The second-order valence-electron chi connectivity index (χ2n) is 9.04. The number of ether oxygens (including phenoxy) is 1. The summed E-state index contributed by atoms with van der Waals surface area (Å²) >= 11 is 6.50. The molecule has 1 aliphatic carbocycles. The number of alkyl halides is 1. The minimum absolute atomic E-state index is 0.0638. The van der Waals surface area contributed by atoms with Crippen LogP contribution < -0.4 is 0 Å². The van der Waals surface area contributed by atoms with Crippen molar-refractivity contribution >= 4 is 17.6 Å². The van der Waals surface area contributed by atoms with E-state index in [2.05, 4.69) is 36.8 Å². The molecule has 5 atom stereocenters. The van der Waals surface area contributed by atoms with Crippen molar-refractivity contribution in [3.8, 4) is 0 Å². The molecule has 2 N–H and O–H groups in total. The lowest BCUT2D eigenvalue weighted by molar-refractivity contribution is -0.140. The molecule has 0 aromatic carbocycles. The lowest BCUT2D eigenvalue weighted by Gasteiger charge is -2.28. The Bertz CT molecular complexity index is 590. The van der Waals surface area contributed by atoms with Crippen LogP contribution in [0.3, 0.4) is 0 Å². The van der Waals surface area contributed by atoms with Gasteiger partial charge in [-0.05, 0) is 57.3 Å². The predicted molar refractivity (Wildman–Crippen MR) is 120 cm³/mol. The van der Waals surface area contributed by atoms with Crippen LogP contribution in [0, 0.1) is 17.3 Å². The van der Waals surface area contributed by atoms with Gasteiger partial charge in [-0.2, -0.15) is 0 Å². The van der Waals surface area contributed by atoms with E-state index < -0.39 is 12.2 Å². The number of halogens is 1. The van der Waals surface area contributed by atoms with E-state index >= 15 is 0 Å². The van der Waals surface area contributed by atoms with E-state index in [-0.39, 0.29) is 28.6 Å². The molecule has 1 fully saturated rings. The minimum Gasteiger partial charge on any atom is -0.469 e. The van der Waals surface area contributed by atoms with E-state index in [1.807, 2.05) is 26.0 Å². The normalized spacial score (nSPS) is 26.2. The maximum atomic E-state index is 11.1. The van der Waals surface area contributed by atoms with E-state index in [9.17, 15) is 15.0 Å². The summed E-state index contributed by atoms with van der Waals surface area (Å²) in [5.74, 6) is -0.117. The first-order chi connectivity index (χ1) is 13.6. The second-order valence-corrected chi connectivity index (χ2v) is 9.60. The van der Waals surface area contributed by atoms with Crippen LogP contribution in [0.4, 0.5) is 0 Å². The molecule has 0 unspecified atom stereocenters. The zero-order chi connectivity index (χ0) is 22.0. The molecule has 0 amide bonds. The molecule has 5 heteroatoms. The predicted octanol–water partition coefficient (Wildman–Crippen LogP) is 5.18. The van der Waals surface area contributed by atoms with Gasteiger partial charge in [0.25, 0.3) is 0 Å². The summed E-state index contributed by atoms with van der Waals surface area (Å²) in [5, 5.41) is 21.0. The fourth-order valence-corrected chi connectivity index (χ4v) is 4.04. The van der Waals surface area contributed by atoms with Gasteiger partial charge in [0.15, 0.2) is 0 Å². The smallest absolute Gasteiger partial charge is 0.305 e. The number of rotatable bonds is 11. The van der Waals surface area contributed by atoms with Gasteiger partial charge in [-0.3, -0.25) is 4.79 Å². The maximum absolute atomic E-state index is 11.1. The first kappa shape index (κ1) is 25.9. The Morgan fingerprint density at radius 1 is 1.31 bits per heavy atom. The molecule has 166 valence electrons. The van der Waals surface area contributed by atoms with E-state index in [4.69, 9.17) is 11.6 Å². The Kier molecular flexibility index (Phi) is 11.2. The van der Waals surface area contributed by atoms with E-state index in [1.54, 1.807) is 0 Å². The number of aliphatic hydroxyl groups is 2. The first-order valence-corrected chi connectivity index (χ1v) is 11.1. The molecule has 29 heavy (non-hydrogen) atoms. The van der Waals surface area contributed by atoms with Crippen LogP contribution in [0.2, 0.25) is 0 Å². The summed E-state index contributed by atoms with van der Waals surface area (Å²) in [4.78, 5) is 11.1. The van der Waals surface area contributed by atoms with Crippen molar-refractivity contribution in [1.82, 2.24) is 0 Å². The van der Waals surface area contributed by atoms with Crippen LogP contribution in [-0.2, 0) is 9.53 Å².